The monoisotopic (exact) mass is 396 g/mol. The number of benzene rings is 2. The van der Waals surface area contributed by atoms with Crippen molar-refractivity contribution in [3.63, 3.8) is 0 Å². The smallest absolute Gasteiger partial charge is 0.304 e. The van der Waals surface area contributed by atoms with Gasteiger partial charge in [-0.2, -0.15) is 4.80 Å². The molecule has 142 valence electrons. The summed E-state index contributed by atoms with van der Waals surface area (Å²) in [5.41, 5.74) is 7.41. The molecular weight excluding hydrogens is 380 g/mol. The third kappa shape index (κ3) is 4.13. The number of thiazole rings is 1. The van der Waals surface area contributed by atoms with Crippen molar-refractivity contribution in [3.05, 3.63) is 48.5 Å². The van der Waals surface area contributed by atoms with E-state index in [-0.39, 0.29) is 13.0 Å². The molecule has 2 aromatic carbocycles. The van der Waals surface area contributed by atoms with E-state index in [1.807, 2.05) is 36.4 Å². The van der Waals surface area contributed by atoms with Crippen molar-refractivity contribution in [1.29, 1.82) is 0 Å². The van der Waals surface area contributed by atoms with Crippen molar-refractivity contribution < 1.29 is 14.6 Å². The lowest BCUT2D eigenvalue weighted by Crippen LogP contribution is -2.30. The number of nitrogens with two attached hydrogens (primary N) is 1. The fourth-order valence-electron chi connectivity index (χ4n) is 2.60. The van der Waals surface area contributed by atoms with Gasteiger partial charge in [-0.15, -0.1) is 10.2 Å². The Balaban J connectivity index is 1.43. The van der Waals surface area contributed by atoms with Crippen molar-refractivity contribution in [3.8, 4) is 22.3 Å². The first-order valence-corrected chi connectivity index (χ1v) is 9.27. The van der Waals surface area contributed by atoms with E-state index in [0.29, 0.717) is 16.8 Å². The van der Waals surface area contributed by atoms with Gasteiger partial charge in [0.1, 0.15) is 5.75 Å². The van der Waals surface area contributed by atoms with Gasteiger partial charge in [-0.1, -0.05) is 23.5 Å². The minimum absolute atomic E-state index is 0.158. The molecule has 0 bridgehead atoms. The average Bonchev–Trinajstić information content (AvgIpc) is 3.28. The van der Waals surface area contributed by atoms with E-state index in [0.717, 1.165) is 15.8 Å². The van der Waals surface area contributed by atoms with E-state index >= 15 is 0 Å². The number of carboxylic acids is 1. The molecule has 0 aliphatic rings. The fourth-order valence-corrected chi connectivity index (χ4v) is 3.44. The summed E-state index contributed by atoms with van der Waals surface area (Å²) >= 11 is 1.48. The summed E-state index contributed by atoms with van der Waals surface area (Å²) in [6.45, 7) is 0.179. The molecule has 2 aromatic heterocycles. The van der Waals surface area contributed by atoms with Gasteiger partial charge in [-0.25, -0.2) is 4.98 Å². The Morgan fingerprint density at radius 1 is 1.21 bits per heavy atom. The summed E-state index contributed by atoms with van der Waals surface area (Å²) in [5.74, 6) is 0.115. The zero-order chi connectivity index (χ0) is 19.5. The standard InChI is InChI=1S/C18H16N6O3S/c19-12(9-16(25)26)10-24-22-17(21-23-24)11-5-7-13(8-6-11)27-18-20-14-3-1-2-4-15(14)28-18/h1-8,12H,9-10,19H2,(H,25,26)/t12-/m1/s1. The fraction of sp³-hybridized carbons (Fsp3) is 0.167. The molecule has 9 nitrogen and oxygen atoms in total. The Bertz CT molecular complexity index is 1070. The quantitative estimate of drug-likeness (QED) is 0.487. The number of carboxylic acid groups (broad SMARTS) is 1. The van der Waals surface area contributed by atoms with Crippen LogP contribution in [-0.4, -0.2) is 42.3 Å². The molecule has 4 rings (SSSR count). The second-order valence-corrected chi connectivity index (χ2v) is 7.09. The highest BCUT2D eigenvalue weighted by Crippen LogP contribution is 2.31. The number of ether oxygens (including phenoxy) is 1. The van der Waals surface area contributed by atoms with Crippen LogP contribution >= 0.6 is 11.3 Å². The lowest BCUT2D eigenvalue weighted by molar-refractivity contribution is -0.137. The Hall–Kier alpha value is -3.37. The molecule has 0 saturated heterocycles. The first-order valence-electron chi connectivity index (χ1n) is 8.46. The number of nitrogens with zero attached hydrogens (tertiary/aromatic N) is 5. The second-order valence-electron chi connectivity index (χ2n) is 6.10. The van der Waals surface area contributed by atoms with Crippen LogP contribution in [0.5, 0.6) is 10.9 Å². The molecule has 0 saturated carbocycles. The molecule has 0 amide bonds. The summed E-state index contributed by atoms with van der Waals surface area (Å²) in [7, 11) is 0. The van der Waals surface area contributed by atoms with Crippen LogP contribution in [0.25, 0.3) is 21.6 Å². The normalized spacial score (nSPS) is 12.2. The van der Waals surface area contributed by atoms with Crippen LogP contribution in [-0.2, 0) is 11.3 Å². The third-order valence-electron chi connectivity index (χ3n) is 3.88. The van der Waals surface area contributed by atoms with Gasteiger partial charge in [0.15, 0.2) is 0 Å². The van der Waals surface area contributed by atoms with E-state index in [1.54, 1.807) is 12.1 Å². The zero-order valence-electron chi connectivity index (χ0n) is 14.6. The SMILES string of the molecule is N[C@H](CC(=O)O)Cn1nnc(-c2ccc(Oc3nc4ccccc4s3)cc2)n1. The summed E-state index contributed by atoms with van der Waals surface area (Å²) < 4.78 is 6.89. The molecule has 2 heterocycles. The van der Waals surface area contributed by atoms with Crippen molar-refractivity contribution in [1.82, 2.24) is 25.2 Å². The number of hydrogen-bond acceptors (Lipinski definition) is 8. The van der Waals surface area contributed by atoms with E-state index < -0.39 is 12.0 Å². The van der Waals surface area contributed by atoms with Gasteiger partial charge in [0.05, 0.1) is 23.2 Å². The Kier molecular flexibility index (Phi) is 4.96. The molecule has 28 heavy (non-hydrogen) atoms. The van der Waals surface area contributed by atoms with Gasteiger partial charge in [0.25, 0.3) is 5.19 Å². The Morgan fingerprint density at radius 2 is 2.00 bits per heavy atom. The van der Waals surface area contributed by atoms with Crippen LogP contribution in [0, 0.1) is 0 Å². The Morgan fingerprint density at radius 3 is 2.75 bits per heavy atom. The number of aliphatic carboxylic acids is 1. The Labute approximate surface area is 163 Å². The lowest BCUT2D eigenvalue weighted by atomic mass is 10.2. The number of hydrogen-bond donors (Lipinski definition) is 2. The number of tetrazole rings is 1. The van der Waals surface area contributed by atoms with Crippen LogP contribution in [0.3, 0.4) is 0 Å². The first-order chi connectivity index (χ1) is 13.6. The summed E-state index contributed by atoms with van der Waals surface area (Å²) in [6.07, 6.45) is -0.158. The number of carbonyl (C=O) groups is 1. The van der Waals surface area contributed by atoms with Crippen LogP contribution < -0.4 is 10.5 Å². The molecule has 3 N–H and O–H groups in total. The number of para-hydroxylation sites is 1. The minimum atomic E-state index is -0.962. The number of rotatable bonds is 7. The van der Waals surface area contributed by atoms with E-state index in [1.165, 1.54) is 16.1 Å². The molecular formula is C18H16N6O3S. The topological polar surface area (TPSA) is 129 Å². The molecule has 0 aliphatic carbocycles. The number of fused-ring (bicyclic) bond motifs is 1. The predicted octanol–water partition coefficient (Wildman–Crippen LogP) is 2.54. The van der Waals surface area contributed by atoms with Crippen molar-refractivity contribution in [2.24, 2.45) is 5.73 Å². The van der Waals surface area contributed by atoms with Gasteiger partial charge in [-0.05, 0) is 41.6 Å². The summed E-state index contributed by atoms with van der Waals surface area (Å²) in [5, 5.41) is 21.5. The number of aromatic nitrogens is 5. The molecule has 0 radical (unpaired) electrons. The van der Waals surface area contributed by atoms with Gasteiger partial charge in [0, 0.05) is 11.6 Å². The van der Waals surface area contributed by atoms with Gasteiger partial charge in [-0.3, -0.25) is 4.79 Å². The first kappa shape index (κ1) is 18.0. The maximum Gasteiger partial charge on any atom is 0.304 e. The lowest BCUT2D eigenvalue weighted by Gasteiger charge is -2.06. The average molecular weight is 396 g/mol. The molecule has 0 spiro atoms. The van der Waals surface area contributed by atoms with E-state index in [2.05, 4.69) is 20.4 Å². The van der Waals surface area contributed by atoms with Crippen molar-refractivity contribution >= 4 is 27.5 Å². The van der Waals surface area contributed by atoms with Gasteiger partial charge in [0.2, 0.25) is 5.82 Å². The maximum absolute atomic E-state index is 10.7. The highest BCUT2D eigenvalue weighted by molar-refractivity contribution is 7.20. The summed E-state index contributed by atoms with van der Waals surface area (Å²) in [6, 6.07) is 14.5. The summed E-state index contributed by atoms with van der Waals surface area (Å²) in [4.78, 5) is 16.4. The zero-order valence-corrected chi connectivity index (χ0v) is 15.4. The van der Waals surface area contributed by atoms with E-state index in [9.17, 15) is 4.79 Å². The highest BCUT2D eigenvalue weighted by Gasteiger charge is 2.12. The van der Waals surface area contributed by atoms with E-state index in [4.69, 9.17) is 15.6 Å². The maximum atomic E-state index is 10.7. The molecule has 0 aliphatic heterocycles. The second kappa shape index (κ2) is 7.71. The van der Waals surface area contributed by atoms with Crippen molar-refractivity contribution in [2.75, 3.05) is 0 Å². The van der Waals surface area contributed by atoms with Gasteiger partial charge < -0.3 is 15.6 Å². The van der Waals surface area contributed by atoms with Gasteiger partial charge >= 0.3 is 5.97 Å². The third-order valence-corrected chi connectivity index (χ3v) is 4.79. The van der Waals surface area contributed by atoms with Crippen LogP contribution in [0.15, 0.2) is 48.5 Å². The predicted molar refractivity (Wildman–Crippen MR) is 103 cm³/mol. The van der Waals surface area contributed by atoms with Crippen LogP contribution in [0.1, 0.15) is 6.42 Å². The molecule has 10 heteroatoms. The highest BCUT2D eigenvalue weighted by atomic mass is 32.1. The van der Waals surface area contributed by atoms with Crippen molar-refractivity contribution in [2.45, 2.75) is 19.0 Å². The minimum Gasteiger partial charge on any atom is -0.481 e. The molecule has 0 unspecified atom stereocenters. The largest absolute Gasteiger partial charge is 0.481 e. The van der Waals surface area contributed by atoms with Crippen LogP contribution in [0.4, 0.5) is 0 Å². The van der Waals surface area contributed by atoms with Crippen LogP contribution in [0.2, 0.25) is 0 Å². The molecule has 1 atom stereocenters. The molecule has 0 fully saturated rings. The molecule has 4 aromatic rings.